The van der Waals surface area contributed by atoms with Gasteiger partial charge < -0.3 is 14.7 Å². The first-order valence-electron chi connectivity index (χ1n) is 8.37. The molecule has 0 aliphatic heterocycles. The maximum absolute atomic E-state index is 15.2. The number of rotatable bonds is 6. The van der Waals surface area contributed by atoms with E-state index in [0.717, 1.165) is 29.6 Å². The van der Waals surface area contributed by atoms with Gasteiger partial charge in [0.2, 0.25) is 5.95 Å². The molecule has 0 bridgehead atoms. The minimum Gasteiger partial charge on any atom is -0.495 e. The molecule has 0 aliphatic rings. The van der Waals surface area contributed by atoms with Gasteiger partial charge in [-0.2, -0.15) is 12.8 Å². The maximum atomic E-state index is 15.2. The molecule has 0 aliphatic carbocycles. The highest BCUT2D eigenvalue weighted by atomic mass is 32.2. The van der Waals surface area contributed by atoms with Crippen molar-refractivity contribution in [2.75, 3.05) is 14.2 Å². The Bertz CT molecular complexity index is 1200. The Morgan fingerprint density at radius 2 is 2.00 bits per heavy atom. The van der Waals surface area contributed by atoms with Crippen molar-refractivity contribution in [1.29, 1.82) is 0 Å². The molecule has 0 fully saturated rings. The predicted molar refractivity (Wildman–Crippen MR) is 100 cm³/mol. The first-order valence-corrected chi connectivity index (χ1v) is 9.81. The molecule has 1 amide bonds. The molecule has 12 heteroatoms. The van der Waals surface area contributed by atoms with Crippen molar-refractivity contribution < 1.29 is 31.8 Å². The second-order valence-corrected chi connectivity index (χ2v) is 7.90. The Morgan fingerprint density at radius 3 is 2.57 bits per heavy atom. The average Bonchev–Trinajstić information content (AvgIpc) is 3.05. The molecule has 1 N–H and O–H groups in total. The van der Waals surface area contributed by atoms with Crippen molar-refractivity contribution >= 4 is 16.1 Å². The summed E-state index contributed by atoms with van der Waals surface area (Å²) >= 11 is 0. The van der Waals surface area contributed by atoms with Crippen molar-refractivity contribution in [2.24, 2.45) is 0 Å². The third-order valence-corrected chi connectivity index (χ3v) is 5.78. The van der Waals surface area contributed by atoms with Crippen molar-refractivity contribution in [3.63, 3.8) is 0 Å². The van der Waals surface area contributed by atoms with Crippen LogP contribution in [0.15, 0.2) is 47.9 Å². The molecule has 9 nitrogen and oxygen atoms in total. The van der Waals surface area contributed by atoms with E-state index < -0.39 is 50.7 Å². The second kappa shape index (κ2) is 8.06. The van der Waals surface area contributed by atoms with E-state index in [4.69, 9.17) is 9.84 Å². The van der Waals surface area contributed by atoms with Crippen molar-refractivity contribution in [3.05, 3.63) is 60.2 Å². The van der Waals surface area contributed by atoms with Gasteiger partial charge in [-0.15, -0.1) is 0 Å². The zero-order chi connectivity index (χ0) is 22.1. The van der Waals surface area contributed by atoms with Crippen LogP contribution in [0, 0.1) is 11.8 Å². The molecule has 158 valence electrons. The summed E-state index contributed by atoms with van der Waals surface area (Å²) in [6.45, 7) is -0.464. The fourth-order valence-electron chi connectivity index (χ4n) is 2.67. The second-order valence-electron chi connectivity index (χ2n) is 6.13. The van der Waals surface area contributed by atoms with Gasteiger partial charge in [0, 0.05) is 25.0 Å². The van der Waals surface area contributed by atoms with Crippen LogP contribution in [-0.4, -0.2) is 52.6 Å². The van der Waals surface area contributed by atoms with Gasteiger partial charge in [-0.05, 0) is 24.3 Å². The van der Waals surface area contributed by atoms with Crippen LogP contribution in [0.1, 0.15) is 5.56 Å². The van der Waals surface area contributed by atoms with Crippen LogP contribution in [0.5, 0.6) is 5.75 Å². The number of carbonyl (C=O) groups is 1. The van der Waals surface area contributed by atoms with Gasteiger partial charge in [0.15, 0.2) is 10.8 Å². The highest BCUT2D eigenvalue weighted by molar-refractivity contribution is 7.90. The summed E-state index contributed by atoms with van der Waals surface area (Å²) in [5, 5.41) is 8.60. The smallest absolute Gasteiger partial charge is 0.407 e. The molecule has 3 rings (SSSR count). The number of nitrogens with zero attached hydrogens (tertiary/aromatic N) is 4. The zero-order valence-electron chi connectivity index (χ0n) is 15.8. The molecule has 0 unspecified atom stereocenters. The van der Waals surface area contributed by atoms with E-state index in [1.165, 1.54) is 32.4 Å². The number of amides is 1. The number of ether oxygens (including phenoxy) is 1. The summed E-state index contributed by atoms with van der Waals surface area (Å²) in [6.07, 6.45) is 1.84. The SMILES string of the molecule is COc1ccc(S(=O)(=O)n2cc(CN(C)C(=O)O)c(F)c2-c2cccnc2F)nc1. The molecule has 0 saturated carbocycles. The third-order valence-electron chi connectivity index (χ3n) is 4.20. The molecular weight excluding hydrogens is 422 g/mol. The van der Waals surface area contributed by atoms with Gasteiger partial charge in [0.25, 0.3) is 10.0 Å². The van der Waals surface area contributed by atoms with E-state index in [1.807, 2.05) is 0 Å². The van der Waals surface area contributed by atoms with Crippen molar-refractivity contribution in [3.8, 4) is 17.0 Å². The van der Waals surface area contributed by atoms with E-state index in [-0.39, 0.29) is 5.56 Å². The molecule has 3 aromatic rings. The lowest BCUT2D eigenvalue weighted by Crippen LogP contribution is -2.24. The number of methoxy groups -OCH3 is 1. The summed E-state index contributed by atoms with van der Waals surface area (Å²) < 4.78 is 61.3. The lowest BCUT2D eigenvalue weighted by molar-refractivity contribution is 0.153. The maximum Gasteiger partial charge on any atom is 0.407 e. The van der Waals surface area contributed by atoms with Crippen LogP contribution >= 0.6 is 0 Å². The molecule has 0 saturated heterocycles. The molecular formula is C18H16F2N4O5S. The van der Waals surface area contributed by atoms with Crippen molar-refractivity contribution in [1.82, 2.24) is 18.8 Å². The quantitative estimate of drug-likeness (QED) is 0.588. The topological polar surface area (TPSA) is 115 Å². The van der Waals surface area contributed by atoms with Crippen LogP contribution in [-0.2, 0) is 16.6 Å². The number of pyridine rings is 2. The van der Waals surface area contributed by atoms with E-state index in [9.17, 15) is 17.6 Å². The summed E-state index contributed by atoms with van der Waals surface area (Å²) in [4.78, 5) is 19.1. The Hall–Kier alpha value is -3.54. The fraction of sp³-hybridized carbons (Fsp3) is 0.167. The largest absolute Gasteiger partial charge is 0.495 e. The minimum atomic E-state index is -4.47. The van der Waals surface area contributed by atoms with Crippen molar-refractivity contribution in [2.45, 2.75) is 11.6 Å². The monoisotopic (exact) mass is 438 g/mol. The van der Waals surface area contributed by atoms with Crippen LogP contribution in [0.4, 0.5) is 13.6 Å². The number of hydrogen-bond acceptors (Lipinski definition) is 6. The van der Waals surface area contributed by atoms with Crippen LogP contribution in [0.2, 0.25) is 0 Å². The van der Waals surface area contributed by atoms with Crippen LogP contribution in [0.3, 0.4) is 0 Å². The lowest BCUT2D eigenvalue weighted by Gasteiger charge is -2.11. The molecule has 3 heterocycles. The lowest BCUT2D eigenvalue weighted by atomic mass is 10.2. The minimum absolute atomic E-state index is 0.268. The van der Waals surface area contributed by atoms with Gasteiger partial charge in [0.1, 0.15) is 11.4 Å². The number of halogens is 2. The summed E-state index contributed by atoms with van der Waals surface area (Å²) in [5.74, 6) is -1.88. The number of carboxylic acid groups (broad SMARTS) is 1. The van der Waals surface area contributed by atoms with Crippen LogP contribution < -0.4 is 4.74 Å². The fourth-order valence-corrected chi connectivity index (χ4v) is 3.99. The molecule has 3 aromatic heterocycles. The Kier molecular flexibility index (Phi) is 5.69. The van der Waals surface area contributed by atoms with Gasteiger partial charge in [-0.3, -0.25) is 0 Å². The van der Waals surface area contributed by atoms with Crippen LogP contribution in [0.25, 0.3) is 11.3 Å². The summed E-state index contributed by atoms with van der Waals surface area (Å²) in [6, 6.07) is 4.98. The molecule has 0 aromatic carbocycles. The number of aromatic nitrogens is 3. The van der Waals surface area contributed by atoms with Gasteiger partial charge >= 0.3 is 6.09 Å². The van der Waals surface area contributed by atoms with E-state index in [2.05, 4.69) is 9.97 Å². The highest BCUT2D eigenvalue weighted by Gasteiger charge is 2.30. The number of hydrogen-bond donors (Lipinski definition) is 1. The molecule has 0 atom stereocenters. The first kappa shape index (κ1) is 21.2. The van der Waals surface area contributed by atoms with E-state index >= 15 is 4.39 Å². The van der Waals surface area contributed by atoms with Gasteiger partial charge in [0.05, 0.1) is 25.4 Å². The normalized spacial score (nSPS) is 11.3. The molecule has 30 heavy (non-hydrogen) atoms. The van der Waals surface area contributed by atoms with E-state index in [1.54, 1.807) is 0 Å². The Balaban J connectivity index is 2.23. The predicted octanol–water partition coefficient (Wildman–Crippen LogP) is 2.58. The third kappa shape index (κ3) is 3.81. The molecule has 0 radical (unpaired) electrons. The average molecular weight is 438 g/mol. The van der Waals surface area contributed by atoms with Gasteiger partial charge in [-0.1, -0.05) is 0 Å². The summed E-state index contributed by atoms with van der Waals surface area (Å²) in [5.41, 5.74) is -1.29. The van der Waals surface area contributed by atoms with Gasteiger partial charge in [-0.25, -0.2) is 23.1 Å². The Morgan fingerprint density at radius 1 is 1.27 bits per heavy atom. The first-order chi connectivity index (χ1) is 14.2. The zero-order valence-corrected chi connectivity index (χ0v) is 16.6. The molecule has 0 spiro atoms. The summed E-state index contributed by atoms with van der Waals surface area (Å²) in [7, 11) is -1.91. The highest BCUT2D eigenvalue weighted by Crippen LogP contribution is 2.32. The standard InChI is InChI=1S/C18H16F2N4O5S/c1-23(18(25)26)9-11-10-24(16(15(11)19)13-4-3-7-21-17(13)20)30(27,28)14-6-5-12(29-2)8-22-14/h3-8,10H,9H2,1-2H3,(H,25,26). The van der Waals surface area contributed by atoms with E-state index in [0.29, 0.717) is 9.72 Å². The Labute approximate surface area is 170 Å².